The Balaban J connectivity index is 2.36. The lowest BCUT2D eigenvalue weighted by molar-refractivity contribution is -0.116. The molecule has 6 heteroatoms. The van der Waals surface area contributed by atoms with Crippen molar-refractivity contribution in [2.24, 2.45) is 5.73 Å². The summed E-state index contributed by atoms with van der Waals surface area (Å²) in [7, 11) is 1.83. The fourth-order valence-corrected chi connectivity index (χ4v) is 2.07. The number of likely N-dealkylation sites (N-methyl/N-ethyl adjacent to an activating group) is 1. The summed E-state index contributed by atoms with van der Waals surface area (Å²) in [5.74, 6) is 2.61. The average molecular weight is 263 g/mol. The van der Waals surface area contributed by atoms with Gasteiger partial charge in [0.15, 0.2) is 0 Å². The van der Waals surface area contributed by atoms with Crippen molar-refractivity contribution >= 4 is 17.5 Å². The van der Waals surface area contributed by atoms with E-state index in [1.54, 1.807) is 4.90 Å². The Morgan fingerprint density at radius 1 is 1.47 bits per heavy atom. The molecule has 0 saturated heterocycles. The summed E-state index contributed by atoms with van der Waals surface area (Å²) < 4.78 is 0. The molecule has 1 amide bonds. The average Bonchev–Trinajstić information content (AvgIpc) is 3.15. The molecule has 2 rings (SSSR count). The number of carbonyl (C=O) groups excluding carboxylic acids is 1. The first kappa shape index (κ1) is 13.6. The summed E-state index contributed by atoms with van der Waals surface area (Å²) in [6.07, 6.45) is 2.29. The third kappa shape index (κ3) is 3.13. The maximum absolute atomic E-state index is 11.1. The molecule has 0 radical (unpaired) electrons. The molecular formula is C13H21N5O. The van der Waals surface area contributed by atoms with Gasteiger partial charge in [0.05, 0.1) is 6.54 Å². The third-order valence-electron chi connectivity index (χ3n) is 3.18. The molecule has 0 atom stereocenters. The van der Waals surface area contributed by atoms with Gasteiger partial charge in [0.2, 0.25) is 5.91 Å². The monoisotopic (exact) mass is 263 g/mol. The minimum absolute atomic E-state index is 0.160. The van der Waals surface area contributed by atoms with Gasteiger partial charge in [0.1, 0.15) is 17.5 Å². The summed E-state index contributed by atoms with van der Waals surface area (Å²) in [6, 6.07) is 0. The highest BCUT2D eigenvalue weighted by atomic mass is 16.1. The van der Waals surface area contributed by atoms with Crippen LogP contribution in [0.5, 0.6) is 0 Å². The van der Waals surface area contributed by atoms with Gasteiger partial charge in [-0.25, -0.2) is 9.97 Å². The second kappa shape index (κ2) is 5.42. The second-order valence-corrected chi connectivity index (χ2v) is 5.01. The topological polar surface area (TPSA) is 84.1 Å². The van der Waals surface area contributed by atoms with Crippen molar-refractivity contribution in [2.75, 3.05) is 30.4 Å². The zero-order chi connectivity index (χ0) is 14.0. The fraction of sp³-hybridized carbons (Fsp3) is 0.615. The van der Waals surface area contributed by atoms with Crippen LogP contribution < -0.4 is 16.0 Å². The normalized spacial score (nSPS) is 14.3. The lowest BCUT2D eigenvalue weighted by Crippen LogP contribution is -2.32. The van der Waals surface area contributed by atoms with Crippen LogP contribution in [0, 0.1) is 6.92 Å². The minimum Gasteiger partial charge on any atom is -0.370 e. The van der Waals surface area contributed by atoms with Gasteiger partial charge in [-0.1, -0.05) is 0 Å². The van der Waals surface area contributed by atoms with Crippen molar-refractivity contribution in [2.45, 2.75) is 32.6 Å². The van der Waals surface area contributed by atoms with E-state index in [0.717, 1.165) is 42.4 Å². The third-order valence-corrected chi connectivity index (χ3v) is 3.18. The molecular weight excluding hydrogens is 242 g/mol. The first-order chi connectivity index (χ1) is 9.02. The van der Waals surface area contributed by atoms with Crippen molar-refractivity contribution in [1.29, 1.82) is 0 Å². The number of primary amides is 1. The lowest BCUT2D eigenvalue weighted by Gasteiger charge is -2.21. The Morgan fingerprint density at radius 2 is 2.16 bits per heavy atom. The van der Waals surface area contributed by atoms with Crippen LogP contribution in [0.15, 0.2) is 0 Å². The summed E-state index contributed by atoms with van der Waals surface area (Å²) >= 11 is 0. The van der Waals surface area contributed by atoms with Crippen molar-refractivity contribution < 1.29 is 4.79 Å². The predicted molar refractivity (Wildman–Crippen MR) is 75.4 cm³/mol. The minimum atomic E-state index is -0.363. The number of hydrogen-bond donors (Lipinski definition) is 2. The van der Waals surface area contributed by atoms with Crippen LogP contribution in [0.3, 0.4) is 0 Å². The molecule has 1 fully saturated rings. The Hall–Kier alpha value is -1.85. The van der Waals surface area contributed by atoms with Gasteiger partial charge < -0.3 is 16.0 Å². The number of hydrogen-bond acceptors (Lipinski definition) is 5. The van der Waals surface area contributed by atoms with E-state index in [1.165, 1.54) is 0 Å². The van der Waals surface area contributed by atoms with Gasteiger partial charge in [0, 0.05) is 25.1 Å². The highest BCUT2D eigenvalue weighted by molar-refractivity contribution is 5.79. The fourth-order valence-electron chi connectivity index (χ4n) is 2.07. The van der Waals surface area contributed by atoms with Crippen LogP contribution >= 0.6 is 0 Å². The van der Waals surface area contributed by atoms with E-state index in [9.17, 15) is 4.79 Å². The SMILES string of the molecule is CCNc1nc(C2CC2)nc(N(C)CC(N)=O)c1C. The molecule has 1 aliphatic rings. The van der Waals surface area contributed by atoms with Crippen LogP contribution in [0.2, 0.25) is 0 Å². The molecule has 0 aromatic carbocycles. The summed E-state index contributed by atoms with van der Waals surface area (Å²) in [5.41, 5.74) is 6.20. The molecule has 19 heavy (non-hydrogen) atoms. The summed E-state index contributed by atoms with van der Waals surface area (Å²) in [5, 5.41) is 3.25. The van der Waals surface area contributed by atoms with E-state index >= 15 is 0 Å². The van der Waals surface area contributed by atoms with E-state index in [2.05, 4.69) is 15.3 Å². The Morgan fingerprint density at radius 3 is 2.68 bits per heavy atom. The van der Waals surface area contributed by atoms with E-state index < -0.39 is 0 Å². The number of anilines is 2. The molecule has 1 heterocycles. The zero-order valence-corrected chi connectivity index (χ0v) is 11.7. The molecule has 1 saturated carbocycles. The molecule has 0 bridgehead atoms. The van der Waals surface area contributed by atoms with E-state index in [0.29, 0.717) is 5.92 Å². The Bertz CT molecular complexity index is 484. The van der Waals surface area contributed by atoms with Gasteiger partial charge in [-0.15, -0.1) is 0 Å². The quantitative estimate of drug-likeness (QED) is 0.800. The van der Waals surface area contributed by atoms with Gasteiger partial charge in [-0.05, 0) is 26.7 Å². The standard InChI is InChI=1S/C13H21N5O/c1-4-15-11-8(2)13(18(3)7-10(14)19)17-12(16-11)9-5-6-9/h9H,4-7H2,1-3H3,(H2,14,19)(H,15,16,17). The summed E-state index contributed by atoms with van der Waals surface area (Å²) in [4.78, 5) is 22.0. The number of nitrogens with one attached hydrogen (secondary N) is 1. The molecule has 0 aliphatic heterocycles. The first-order valence-corrected chi connectivity index (χ1v) is 6.64. The van der Waals surface area contributed by atoms with Gasteiger partial charge >= 0.3 is 0 Å². The second-order valence-electron chi connectivity index (χ2n) is 5.01. The molecule has 0 spiro atoms. The summed E-state index contributed by atoms with van der Waals surface area (Å²) in [6.45, 7) is 4.96. The van der Waals surface area contributed by atoms with Crippen molar-refractivity contribution in [3.8, 4) is 0 Å². The van der Waals surface area contributed by atoms with E-state index in [-0.39, 0.29) is 12.5 Å². The predicted octanol–water partition coefficient (Wildman–Crippen LogP) is 1.02. The highest BCUT2D eigenvalue weighted by Gasteiger charge is 2.28. The van der Waals surface area contributed by atoms with Gasteiger partial charge in [0.25, 0.3) is 0 Å². The van der Waals surface area contributed by atoms with Crippen LogP contribution in [-0.4, -0.2) is 36.0 Å². The number of nitrogens with zero attached hydrogens (tertiary/aromatic N) is 3. The highest BCUT2D eigenvalue weighted by Crippen LogP contribution is 2.39. The molecule has 3 N–H and O–H groups in total. The van der Waals surface area contributed by atoms with Gasteiger partial charge in [-0.2, -0.15) is 0 Å². The molecule has 1 aliphatic carbocycles. The maximum atomic E-state index is 11.1. The number of amides is 1. The van der Waals surface area contributed by atoms with E-state index in [4.69, 9.17) is 5.73 Å². The number of nitrogens with two attached hydrogens (primary N) is 1. The van der Waals surface area contributed by atoms with Crippen molar-refractivity contribution in [3.63, 3.8) is 0 Å². The van der Waals surface area contributed by atoms with E-state index in [1.807, 2.05) is 20.9 Å². The first-order valence-electron chi connectivity index (χ1n) is 6.64. The van der Waals surface area contributed by atoms with Crippen molar-refractivity contribution in [1.82, 2.24) is 9.97 Å². The maximum Gasteiger partial charge on any atom is 0.236 e. The number of rotatable bonds is 6. The smallest absolute Gasteiger partial charge is 0.236 e. The van der Waals surface area contributed by atoms with Crippen LogP contribution in [0.4, 0.5) is 11.6 Å². The van der Waals surface area contributed by atoms with Crippen LogP contribution in [-0.2, 0) is 4.79 Å². The number of carbonyl (C=O) groups is 1. The number of aromatic nitrogens is 2. The van der Waals surface area contributed by atoms with Crippen LogP contribution in [0.25, 0.3) is 0 Å². The molecule has 1 aromatic heterocycles. The molecule has 0 unspecified atom stereocenters. The lowest BCUT2D eigenvalue weighted by atomic mass is 10.2. The molecule has 6 nitrogen and oxygen atoms in total. The van der Waals surface area contributed by atoms with Crippen LogP contribution in [0.1, 0.15) is 37.1 Å². The zero-order valence-electron chi connectivity index (χ0n) is 11.7. The van der Waals surface area contributed by atoms with Crippen molar-refractivity contribution in [3.05, 3.63) is 11.4 Å². The Labute approximate surface area is 113 Å². The molecule has 104 valence electrons. The molecule has 1 aromatic rings. The Kier molecular flexibility index (Phi) is 3.87. The van der Waals surface area contributed by atoms with Gasteiger partial charge in [-0.3, -0.25) is 4.79 Å². The largest absolute Gasteiger partial charge is 0.370 e.